The second-order valence-corrected chi connectivity index (χ2v) is 6.04. The van der Waals surface area contributed by atoms with Crippen molar-refractivity contribution in [2.45, 2.75) is 13.8 Å². The molecule has 0 saturated carbocycles. The van der Waals surface area contributed by atoms with Gasteiger partial charge in [-0.2, -0.15) is 0 Å². The zero-order valence-electron chi connectivity index (χ0n) is 14.0. The van der Waals surface area contributed by atoms with Crippen molar-refractivity contribution in [3.05, 3.63) is 87.3 Å². The summed E-state index contributed by atoms with van der Waals surface area (Å²) in [5.74, 6) is 6.08. The van der Waals surface area contributed by atoms with E-state index in [1.165, 1.54) is 0 Å². The maximum atomic E-state index is 12.7. The Balaban J connectivity index is 1.89. The van der Waals surface area contributed by atoms with Gasteiger partial charge in [0.05, 0.1) is 10.8 Å². The molecule has 0 bridgehead atoms. The fourth-order valence-electron chi connectivity index (χ4n) is 2.76. The van der Waals surface area contributed by atoms with E-state index in [1.807, 2.05) is 50.2 Å². The molecule has 4 aromatic rings. The van der Waals surface area contributed by atoms with E-state index >= 15 is 0 Å². The van der Waals surface area contributed by atoms with Gasteiger partial charge in [0.2, 0.25) is 5.43 Å². The van der Waals surface area contributed by atoms with Gasteiger partial charge in [0.15, 0.2) is 0 Å². The van der Waals surface area contributed by atoms with Crippen molar-refractivity contribution in [3.8, 4) is 11.8 Å². The third-order valence-electron chi connectivity index (χ3n) is 4.29. The van der Waals surface area contributed by atoms with Crippen LogP contribution in [0.25, 0.3) is 21.9 Å². The highest BCUT2D eigenvalue weighted by Crippen LogP contribution is 2.22. The SMILES string of the molecule is Cc1cc2oc3cc(C#Cc4ccccn4)ccc3c(=O)c2cc1C. The van der Waals surface area contributed by atoms with Crippen LogP contribution < -0.4 is 5.43 Å². The number of benzene rings is 2. The maximum absolute atomic E-state index is 12.7. The molecule has 3 nitrogen and oxygen atoms in total. The van der Waals surface area contributed by atoms with Gasteiger partial charge in [0.1, 0.15) is 16.9 Å². The van der Waals surface area contributed by atoms with E-state index in [2.05, 4.69) is 16.8 Å². The summed E-state index contributed by atoms with van der Waals surface area (Å²) in [6.07, 6.45) is 1.71. The largest absolute Gasteiger partial charge is 0.456 e. The monoisotopic (exact) mass is 325 g/mol. The molecule has 0 atom stereocenters. The predicted octanol–water partition coefficient (Wildman–Crippen LogP) is 4.36. The maximum Gasteiger partial charge on any atom is 0.200 e. The fourth-order valence-corrected chi connectivity index (χ4v) is 2.76. The number of pyridine rings is 1. The Morgan fingerprint density at radius 2 is 1.68 bits per heavy atom. The van der Waals surface area contributed by atoms with Gasteiger partial charge >= 0.3 is 0 Å². The molecular weight excluding hydrogens is 310 g/mol. The van der Waals surface area contributed by atoms with Gasteiger partial charge < -0.3 is 4.42 Å². The Morgan fingerprint density at radius 3 is 2.48 bits per heavy atom. The molecule has 3 heteroatoms. The van der Waals surface area contributed by atoms with E-state index in [1.54, 1.807) is 18.3 Å². The van der Waals surface area contributed by atoms with Crippen molar-refractivity contribution in [1.29, 1.82) is 0 Å². The van der Waals surface area contributed by atoms with Gasteiger partial charge in [-0.25, -0.2) is 4.98 Å². The Labute approximate surface area is 144 Å². The van der Waals surface area contributed by atoms with Crippen LogP contribution in [-0.4, -0.2) is 4.98 Å². The number of hydrogen-bond acceptors (Lipinski definition) is 3. The molecule has 2 aromatic heterocycles. The number of rotatable bonds is 0. The minimum Gasteiger partial charge on any atom is -0.456 e. The summed E-state index contributed by atoms with van der Waals surface area (Å²) in [5, 5.41) is 1.18. The predicted molar refractivity (Wildman–Crippen MR) is 99.7 cm³/mol. The molecule has 2 aromatic carbocycles. The van der Waals surface area contributed by atoms with Crippen LogP contribution >= 0.6 is 0 Å². The molecule has 0 fully saturated rings. The molecule has 120 valence electrons. The van der Waals surface area contributed by atoms with E-state index in [-0.39, 0.29) is 5.43 Å². The third-order valence-corrected chi connectivity index (χ3v) is 4.29. The van der Waals surface area contributed by atoms with E-state index in [0.29, 0.717) is 27.6 Å². The zero-order chi connectivity index (χ0) is 17.4. The smallest absolute Gasteiger partial charge is 0.200 e. The molecule has 0 spiro atoms. The Morgan fingerprint density at radius 1 is 0.880 bits per heavy atom. The van der Waals surface area contributed by atoms with Crippen LogP contribution in [0.2, 0.25) is 0 Å². The van der Waals surface area contributed by atoms with Crippen molar-refractivity contribution >= 4 is 21.9 Å². The van der Waals surface area contributed by atoms with E-state index in [4.69, 9.17) is 4.42 Å². The first kappa shape index (κ1) is 15.2. The van der Waals surface area contributed by atoms with Crippen LogP contribution in [0.3, 0.4) is 0 Å². The van der Waals surface area contributed by atoms with Crippen LogP contribution in [0.1, 0.15) is 22.4 Å². The number of nitrogens with zero attached hydrogens (tertiary/aromatic N) is 1. The van der Waals surface area contributed by atoms with Crippen molar-refractivity contribution in [2.24, 2.45) is 0 Å². The minimum atomic E-state index is -0.0106. The average molecular weight is 325 g/mol. The van der Waals surface area contributed by atoms with Gasteiger partial charge in [-0.05, 0) is 73.4 Å². The summed E-state index contributed by atoms with van der Waals surface area (Å²) in [6.45, 7) is 4.00. The molecule has 0 aliphatic rings. The van der Waals surface area contributed by atoms with Crippen molar-refractivity contribution in [2.75, 3.05) is 0 Å². The van der Waals surface area contributed by atoms with Gasteiger partial charge in [-0.1, -0.05) is 12.0 Å². The molecule has 0 N–H and O–H groups in total. The summed E-state index contributed by atoms with van der Waals surface area (Å²) in [5.41, 5.74) is 4.81. The van der Waals surface area contributed by atoms with E-state index < -0.39 is 0 Å². The Bertz CT molecular complexity index is 1230. The summed E-state index contributed by atoms with van der Waals surface area (Å²) >= 11 is 0. The lowest BCUT2D eigenvalue weighted by Crippen LogP contribution is -2.03. The lowest BCUT2D eigenvalue weighted by molar-refractivity contribution is 0.659. The lowest BCUT2D eigenvalue weighted by atomic mass is 10.0. The second-order valence-electron chi connectivity index (χ2n) is 6.04. The van der Waals surface area contributed by atoms with Crippen LogP contribution in [0, 0.1) is 25.7 Å². The summed E-state index contributed by atoms with van der Waals surface area (Å²) in [6, 6.07) is 14.8. The highest BCUT2D eigenvalue weighted by molar-refractivity contribution is 5.90. The second kappa shape index (κ2) is 5.92. The molecule has 25 heavy (non-hydrogen) atoms. The molecule has 0 amide bonds. The molecule has 2 heterocycles. The minimum absolute atomic E-state index is 0.0106. The first-order valence-electron chi connectivity index (χ1n) is 8.03. The van der Waals surface area contributed by atoms with Gasteiger partial charge in [0, 0.05) is 11.8 Å². The number of hydrogen-bond donors (Lipinski definition) is 0. The van der Waals surface area contributed by atoms with Gasteiger partial charge in [-0.3, -0.25) is 4.79 Å². The van der Waals surface area contributed by atoms with Crippen LogP contribution in [0.15, 0.2) is 63.9 Å². The Kier molecular flexibility index (Phi) is 3.59. The first-order valence-corrected chi connectivity index (χ1v) is 8.03. The standard InChI is InChI=1S/C22H15NO2/c1-14-11-19-20(12-15(14)2)25-21-13-16(7-9-18(21)22(19)24)6-8-17-5-3-4-10-23-17/h3-5,7,9-13H,1-2H3. The lowest BCUT2D eigenvalue weighted by Gasteiger charge is -2.05. The fraction of sp³-hybridized carbons (Fsp3) is 0.0909. The van der Waals surface area contributed by atoms with Gasteiger partial charge in [0.25, 0.3) is 0 Å². The van der Waals surface area contributed by atoms with Crippen molar-refractivity contribution < 1.29 is 4.42 Å². The molecule has 0 saturated heterocycles. The quantitative estimate of drug-likeness (QED) is 0.356. The van der Waals surface area contributed by atoms with E-state index in [9.17, 15) is 4.79 Å². The summed E-state index contributed by atoms with van der Waals surface area (Å²) in [7, 11) is 0. The zero-order valence-corrected chi connectivity index (χ0v) is 14.0. The molecule has 0 aliphatic carbocycles. The molecule has 0 aliphatic heterocycles. The summed E-state index contributed by atoms with van der Waals surface area (Å²) < 4.78 is 5.97. The molecule has 0 radical (unpaired) electrons. The summed E-state index contributed by atoms with van der Waals surface area (Å²) in [4.78, 5) is 16.9. The van der Waals surface area contributed by atoms with Crippen LogP contribution in [0.5, 0.6) is 0 Å². The van der Waals surface area contributed by atoms with Crippen LogP contribution in [0.4, 0.5) is 0 Å². The highest BCUT2D eigenvalue weighted by Gasteiger charge is 2.09. The normalized spacial score (nSPS) is 10.6. The Hall–Kier alpha value is -3.38. The highest BCUT2D eigenvalue weighted by atomic mass is 16.3. The first-order chi connectivity index (χ1) is 12.1. The number of fused-ring (bicyclic) bond motifs is 2. The van der Waals surface area contributed by atoms with Crippen molar-refractivity contribution in [1.82, 2.24) is 4.98 Å². The molecular formula is C22H15NO2. The molecule has 0 unspecified atom stereocenters. The van der Waals surface area contributed by atoms with E-state index in [0.717, 1.165) is 16.7 Å². The topological polar surface area (TPSA) is 43.1 Å². The van der Waals surface area contributed by atoms with Crippen LogP contribution in [-0.2, 0) is 0 Å². The van der Waals surface area contributed by atoms with Gasteiger partial charge in [-0.15, -0.1) is 0 Å². The molecule has 4 rings (SSSR count). The number of aromatic nitrogens is 1. The third kappa shape index (κ3) is 2.79. The average Bonchev–Trinajstić information content (AvgIpc) is 2.63. The number of aryl methyl sites for hydroxylation is 2. The van der Waals surface area contributed by atoms with Crippen molar-refractivity contribution in [3.63, 3.8) is 0 Å².